The quantitative estimate of drug-likeness (QED) is 0.548. The zero-order valence-corrected chi connectivity index (χ0v) is 10.3. The maximum absolute atomic E-state index is 4.42. The van der Waals surface area contributed by atoms with Crippen LogP contribution in [0.1, 0.15) is 46.5 Å². The summed E-state index contributed by atoms with van der Waals surface area (Å²) in [5.74, 6) is 1.84. The first kappa shape index (κ1) is 9.69. The Kier molecular flexibility index (Phi) is 1.67. The third-order valence-corrected chi connectivity index (χ3v) is 5.86. The van der Waals surface area contributed by atoms with E-state index >= 15 is 0 Å². The summed E-state index contributed by atoms with van der Waals surface area (Å²) >= 11 is 0. The molecule has 1 spiro atoms. The standard InChI is InChI=1S/C15H22/c1-10-5-8-15-12(3)11(2)9-14(15,4)7-6-13(10)15/h9-10,13H,3,5-8H2,1-2,4H3. The van der Waals surface area contributed by atoms with Gasteiger partial charge in [0.05, 0.1) is 0 Å². The lowest BCUT2D eigenvalue weighted by Gasteiger charge is -2.39. The molecule has 0 aromatic heterocycles. The first-order valence-corrected chi connectivity index (χ1v) is 6.40. The fourth-order valence-electron chi connectivity index (χ4n) is 5.08. The highest BCUT2D eigenvalue weighted by Gasteiger charge is 2.64. The largest absolute Gasteiger partial charge is 0.0950 e. The molecule has 0 aliphatic heterocycles. The summed E-state index contributed by atoms with van der Waals surface area (Å²) in [4.78, 5) is 0. The summed E-state index contributed by atoms with van der Waals surface area (Å²) in [5.41, 5.74) is 3.88. The molecule has 0 aromatic rings. The SMILES string of the molecule is C=C1C(C)=CC2(C)CCC3C(C)CCC132. The van der Waals surface area contributed by atoms with Crippen molar-refractivity contribution in [2.24, 2.45) is 22.7 Å². The highest BCUT2D eigenvalue weighted by molar-refractivity contribution is 5.47. The highest BCUT2D eigenvalue weighted by Crippen LogP contribution is 2.72. The van der Waals surface area contributed by atoms with Crippen LogP contribution in [0.25, 0.3) is 0 Å². The molecule has 3 rings (SSSR count). The molecule has 15 heavy (non-hydrogen) atoms. The van der Waals surface area contributed by atoms with E-state index in [1.165, 1.54) is 36.8 Å². The predicted octanol–water partition coefficient (Wildman–Crippen LogP) is 4.34. The van der Waals surface area contributed by atoms with Gasteiger partial charge >= 0.3 is 0 Å². The Bertz CT molecular complexity index is 362. The van der Waals surface area contributed by atoms with Gasteiger partial charge in [0.25, 0.3) is 0 Å². The summed E-state index contributed by atoms with van der Waals surface area (Å²) in [6, 6.07) is 0. The summed E-state index contributed by atoms with van der Waals surface area (Å²) in [6.07, 6.45) is 8.16. The smallest absolute Gasteiger partial charge is 0.00689 e. The number of allylic oxidation sites excluding steroid dienone is 3. The Morgan fingerprint density at radius 1 is 1.33 bits per heavy atom. The molecule has 3 aliphatic rings. The second-order valence-electron chi connectivity index (χ2n) is 6.36. The van der Waals surface area contributed by atoms with Gasteiger partial charge in [-0.15, -0.1) is 0 Å². The summed E-state index contributed by atoms with van der Waals surface area (Å²) < 4.78 is 0. The van der Waals surface area contributed by atoms with E-state index in [1.54, 1.807) is 0 Å². The van der Waals surface area contributed by atoms with E-state index in [-0.39, 0.29) is 0 Å². The van der Waals surface area contributed by atoms with E-state index in [0.717, 1.165) is 11.8 Å². The van der Waals surface area contributed by atoms with E-state index in [2.05, 4.69) is 33.4 Å². The van der Waals surface area contributed by atoms with Crippen LogP contribution in [-0.2, 0) is 0 Å². The van der Waals surface area contributed by atoms with Crippen molar-refractivity contribution in [3.05, 3.63) is 23.8 Å². The minimum Gasteiger partial charge on any atom is -0.0950 e. The van der Waals surface area contributed by atoms with Crippen molar-refractivity contribution >= 4 is 0 Å². The van der Waals surface area contributed by atoms with E-state index in [0.29, 0.717) is 10.8 Å². The third-order valence-electron chi connectivity index (χ3n) is 5.86. The van der Waals surface area contributed by atoms with Crippen molar-refractivity contribution in [1.82, 2.24) is 0 Å². The molecule has 4 unspecified atom stereocenters. The van der Waals surface area contributed by atoms with E-state index < -0.39 is 0 Å². The van der Waals surface area contributed by atoms with Crippen LogP contribution in [0.15, 0.2) is 23.8 Å². The Morgan fingerprint density at radius 3 is 2.80 bits per heavy atom. The van der Waals surface area contributed by atoms with Crippen LogP contribution in [0.4, 0.5) is 0 Å². The van der Waals surface area contributed by atoms with Crippen LogP contribution >= 0.6 is 0 Å². The summed E-state index contributed by atoms with van der Waals surface area (Å²) in [7, 11) is 0. The third kappa shape index (κ3) is 0.859. The first-order valence-electron chi connectivity index (χ1n) is 6.40. The average molecular weight is 202 g/mol. The average Bonchev–Trinajstić information content (AvgIpc) is 2.70. The van der Waals surface area contributed by atoms with Crippen LogP contribution in [0.5, 0.6) is 0 Å². The molecule has 3 aliphatic carbocycles. The Hall–Kier alpha value is -0.520. The van der Waals surface area contributed by atoms with Gasteiger partial charge in [0.2, 0.25) is 0 Å². The number of hydrogen-bond donors (Lipinski definition) is 0. The van der Waals surface area contributed by atoms with Crippen LogP contribution in [0.2, 0.25) is 0 Å². The molecule has 2 saturated carbocycles. The molecular weight excluding hydrogens is 180 g/mol. The number of hydrogen-bond acceptors (Lipinski definition) is 0. The van der Waals surface area contributed by atoms with Crippen molar-refractivity contribution in [3.8, 4) is 0 Å². The van der Waals surface area contributed by atoms with Crippen LogP contribution in [0, 0.1) is 22.7 Å². The van der Waals surface area contributed by atoms with Crippen LogP contribution in [0.3, 0.4) is 0 Å². The van der Waals surface area contributed by atoms with Crippen LogP contribution < -0.4 is 0 Å². The Balaban J connectivity index is 2.15. The Labute approximate surface area is 93.5 Å². The summed E-state index contributed by atoms with van der Waals surface area (Å²) in [5, 5.41) is 0. The maximum atomic E-state index is 4.42. The van der Waals surface area contributed by atoms with E-state index in [4.69, 9.17) is 0 Å². The molecule has 82 valence electrons. The second-order valence-corrected chi connectivity index (χ2v) is 6.36. The van der Waals surface area contributed by atoms with Gasteiger partial charge in [-0.2, -0.15) is 0 Å². The zero-order chi connectivity index (χ0) is 10.8. The van der Waals surface area contributed by atoms with Gasteiger partial charge in [-0.25, -0.2) is 0 Å². The van der Waals surface area contributed by atoms with Crippen LogP contribution in [-0.4, -0.2) is 0 Å². The molecule has 4 atom stereocenters. The zero-order valence-electron chi connectivity index (χ0n) is 10.3. The maximum Gasteiger partial charge on any atom is 0.00689 e. The lowest BCUT2D eigenvalue weighted by atomic mass is 9.63. The van der Waals surface area contributed by atoms with Gasteiger partial charge in [-0.05, 0) is 55.4 Å². The molecule has 0 heteroatoms. The van der Waals surface area contributed by atoms with Gasteiger partial charge in [0, 0.05) is 5.41 Å². The molecule has 0 amide bonds. The lowest BCUT2D eigenvalue weighted by molar-refractivity contribution is 0.169. The van der Waals surface area contributed by atoms with Gasteiger partial charge in [-0.1, -0.05) is 32.1 Å². The fraction of sp³-hybridized carbons (Fsp3) is 0.733. The molecule has 0 aromatic carbocycles. The molecule has 0 bridgehead atoms. The van der Waals surface area contributed by atoms with Crippen molar-refractivity contribution in [2.45, 2.75) is 46.5 Å². The van der Waals surface area contributed by atoms with E-state index in [1.807, 2.05) is 0 Å². The molecule has 0 saturated heterocycles. The first-order chi connectivity index (χ1) is 7.01. The Morgan fingerprint density at radius 2 is 2.07 bits per heavy atom. The lowest BCUT2D eigenvalue weighted by Crippen LogP contribution is -2.33. The van der Waals surface area contributed by atoms with E-state index in [9.17, 15) is 0 Å². The number of rotatable bonds is 0. The molecule has 0 N–H and O–H groups in total. The van der Waals surface area contributed by atoms with Crippen molar-refractivity contribution in [1.29, 1.82) is 0 Å². The van der Waals surface area contributed by atoms with Crippen molar-refractivity contribution in [2.75, 3.05) is 0 Å². The fourth-order valence-corrected chi connectivity index (χ4v) is 5.08. The molecule has 0 nitrogen and oxygen atoms in total. The van der Waals surface area contributed by atoms with Crippen molar-refractivity contribution < 1.29 is 0 Å². The van der Waals surface area contributed by atoms with Crippen molar-refractivity contribution in [3.63, 3.8) is 0 Å². The van der Waals surface area contributed by atoms with Gasteiger partial charge in [-0.3, -0.25) is 0 Å². The van der Waals surface area contributed by atoms with Gasteiger partial charge in [0.15, 0.2) is 0 Å². The highest BCUT2D eigenvalue weighted by atomic mass is 14.7. The summed E-state index contributed by atoms with van der Waals surface area (Å²) in [6.45, 7) is 11.6. The minimum absolute atomic E-state index is 0.448. The molecule has 0 radical (unpaired) electrons. The molecule has 0 heterocycles. The normalized spacial score (nSPS) is 53.0. The van der Waals surface area contributed by atoms with Gasteiger partial charge in [0.1, 0.15) is 0 Å². The molecule has 2 fully saturated rings. The predicted molar refractivity (Wildman–Crippen MR) is 64.6 cm³/mol. The second kappa shape index (κ2) is 2.59. The van der Waals surface area contributed by atoms with Gasteiger partial charge < -0.3 is 0 Å². The monoisotopic (exact) mass is 202 g/mol. The molecular formula is C15H22. The topological polar surface area (TPSA) is 0 Å². The minimum atomic E-state index is 0.448.